The Morgan fingerprint density at radius 2 is 2.04 bits per heavy atom. The molecule has 1 aliphatic carbocycles. The van der Waals surface area contributed by atoms with Gasteiger partial charge in [-0.2, -0.15) is 0 Å². The molecule has 0 bridgehead atoms. The van der Waals surface area contributed by atoms with Crippen molar-refractivity contribution in [3.63, 3.8) is 0 Å². The lowest BCUT2D eigenvalue weighted by molar-refractivity contribution is 0.0946. The molecule has 0 spiro atoms. The Hall–Kier alpha value is -2.12. The van der Waals surface area contributed by atoms with Crippen molar-refractivity contribution in [1.82, 2.24) is 10.3 Å². The molecule has 0 unspecified atom stereocenters. The number of nitrogens with one attached hydrogen (secondary N) is 2. The maximum atomic E-state index is 12.5. The summed E-state index contributed by atoms with van der Waals surface area (Å²) >= 11 is 6.35. The summed E-state index contributed by atoms with van der Waals surface area (Å²) in [5.41, 5.74) is 0.974. The number of aromatic nitrogens is 1. The van der Waals surface area contributed by atoms with Gasteiger partial charge in [-0.3, -0.25) is 9.59 Å². The van der Waals surface area contributed by atoms with Gasteiger partial charge in [0.2, 0.25) is 0 Å². The van der Waals surface area contributed by atoms with Gasteiger partial charge >= 0.3 is 0 Å². The first-order valence-electron chi connectivity index (χ1n) is 8.41. The molecule has 1 aromatic heterocycles. The Labute approximate surface area is 155 Å². The molecule has 1 amide bonds. The minimum absolute atomic E-state index is 0.0752. The fourth-order valence-electron chi connectivity index (χ4n) is 3.38. The molecule has 2 aliphatic rings. The molecule has 0 saturated heterocycles. The zero-order valence-corrected chi connectivity index (χ0v) is 15.4. The number of rotatable bonds is 3. The van der Waals surface area contributed by atoms with E-state index >= 15 is 0 Å². The predicted molar refractivity (Wildman–Crippen MR) is 100 cm³/mol. The van der Waals surface area contributed by atoms with Crippen molar-refractivity contribution in [2.75, 3.05) is 5.75 Å². The summed E-state index contributed by atoms with van der Waals surface area (Å²) in [5.74, 6) is -0.388. The van der Waals surface area contributed by atoms with E-state index in [4.69, 9.17) is 11.6 Å². The summed E-state index contributed by atoms with van der Waals surface area (Å²) in [7, 11) is -3.30. The number of H-pyrrole nitrogens is 1. The van der Waals surface area contributed by atoms with Crippen LogP contribution >= 0.6 is 11.6 Å². The summed E-state index contributed by atoms with van der Waals surface area (Å²) in [4.78, 5) is 27.6. The van der Waals surface area contributed by atoms with Crippen molar-refractivity contribution in [3.05, 3.63) is 56.2 Å². The van der Waals surface area contributed by atoms with Crippen LogP contribution in [-0.4, -0.2) is 31.1 Å². The van der Waals surface area contributed by atoms with E-state index in [2.05, 4.69) is 10.3 Å². The van der Waals surface area contributed by atoms with Crippen LogP contribution in [0.25, 0.3) is 10.9 Å². The van der Waals surface area contributed by atoms with Crippen molar-refractivity contribution >= 4 is 38.2 Å². The van der Waals surface area contributed by atoms with Gasteiger partial charge < -0.3 is 10.3 Å². The lowest BCUT2D eigenvalue weighted by atomic mass is 9.80. The van der Waals surface area contributed by atoms with E-state index < -0.39 is 27.3 Å². The number of hydrogen-bond acceptors (Lipinski definition) is 4. The lowest BCUT2D eigenvalue weighted by Gasteiger charge is -2.26. The molecule has 136 valence electrons. The van der Waals surface area contributed by atoms with Gasteiger partial charge in [-0.15, -0.1) is 0 Å². The number of hydrogen-bond donors (Lipinski definition) is 2. The molecule has 6 nitrogen and oxygen atoms in total. The molecular formula is C18H17ClN2O4S. The van der Waals surface area contributed by atoms with Gasteiger partial charge in [-0.05, 0) is 36.5 Å². The number of carbonyl (C=O) groups is 1. The number of amides is 1. The third kappa shape index (κ3) is 3.05. The monoisotopic (exact) mass is 392 g/mol. The van der Waals surface area contributed by atoms with Crippen LogP contribution in [0.3, 0.4) is 0 Å². The third-order valence-electron chi connectivity index (χ3n) is 5.03. The molecule has 1 fully saturated rings. The molecule has 8 heteroatoms. The quantitative estimate of drug-likeness (QED) is 0.838. The standard InChI is InChI=1S/C18H17ClN2O4S/c19-16-13-5-4-11(10-2-1-3-10)8-14(13)21-18(23)15(16)17(22)20-12-6-7-26(24,25)9-12/h4-8,10,12H,1-3,9H2,(H,20,22)(H,21,23)/t12-/m1/s1. The third-order valence-corrected chi connectivity index (χ3v) is 6.81. The second-order valence-corrected chi connectivity index (χ2v) is 9.12. The van der Waals surface area contributed by atoms with Crippen LogP contribution in [0.5, 0.6) is 0 Å². The van der Waals surface area contributed by atoms with E-state index in [0.29, 0.717) is 16.8 Å². The van der Waals surface area contributed by atoms with Gasteiger partial charge in [0.05, 0.1) is 22.3 Å². The first-order chi connectivity index (χ1) is 12.3. The Balaban J connectivity index is 1.68. The summed E-state index contributed by atoms with van der Waals surface area (Å²) in [6, 6.07) is 5.04. The van der Waals surface area contributed by atoms with Crippen molar-refractivity contribution < 1.29 is 13.2 Å². The molecular weight excluding hydrogens is 376 g/mol. The Kier molecular flexibility index (Phi) is 4.16. The molecule has 1 aromatic carbocycles. The van der Waals surface area contributed by atoms with Crippen molar-refractivity contribution in [2.45, 2.75) is 31.2 Å². The predicted octanol–water partition coefficient (Wildman–Crippen LogP) is 2.49. The van der Waals surface area contributed by atoms with Gasteiger partial charge in [0, 0.05) is 10.8 Å². The average Bonchev–Trinajstić information content (AvgIpc) is 2.84. The van der Waals surface area contributed by atoms with Crippen molar-refractivity contribution in [2.24, 2.45) is 0 Å². The van der Waals surface area contributed by atoms with Crippen LogP contribution in [0.1, 0.15) is 41.1 Å². The zero-order valence-electron chi connectivity index (χ0n) is 13.8. The van der Waals surface area contributed by atoms with E-state index in [1.54, 1.807) is 0 Å². The Bertz CT molecular complexity index is 1100. The molecule has 2 aromatic rings. The highest BCUT2D eigenvalue weighted by Gasteiger charge is 2.26. The normalized spacial score (nSPS) is 21.7. The van der Waals surface area contributed by atoms with Crippen molar-refractivity contribution in [1.29, 1.82) is 0 Å². The maximum absolute atomic E-state index is 12.5. The molecule has 2 N–H and O–H groups in total. The molecule has 2 heterocycles. The van der Waals surface area contributed by atoms with Crippen LogP contribution in [0.15, 0.2) is 34.5 Å². The minimum Gasteiger partial charge on any atom is -0.345 e. The summed E-state index contributed by atoms with van der Waals surface area (Å²) in [5, 5.41) is 4.26. The SMILES string of the molecule is O=C(N[C@@H]1C=CS(=O)(=O)C1)c1c(Cl)c2ccc(C3CCC3)cc2[nH]c1=O. The van der Waals surface area contributed by atoms with Gasteiger partial charge in [0.25, 0.3) is 11.5 Å². The number of sulfone groups is 1. The average molecular weight is 393 g/mol. The highest BCUT2D eigenvalue weighted by atomic mass is 35.5. The molecule has 0 radical (unpaired) electrons. The largest absolute Gasteiger partial charge is 0.345 e. The Morgan fingerprint density at radius 3 is 2.65 bits per heavy atom. The number of benzene rings is 1. The number of pyridine rings is 1. The zero-order chi connectivity index (χ0) is 18.5. The maximum Gasteiger partial charge on any atom is 0.262 e. The van der Waals surface area contributed by atoms with E-state index in [1.807, 2.05) is 18.2 Å². The van der Waals surface area contributed by atoms with Crippen molar-refractivity contribution in [3.8, 4) is 0 Å². The number of halogens is 1. The van der Waals surface area contributed by atoms with E-state index in [0.717, 1.165) is 23.8 Å². The summed E-state index contributed by atoms with van der Waals surface area (Å²) in [6.45, 7) is 0. The fourth-order valence-corrected chi connectivity index (χ4v) is 4.95. The van der Waals surface area contributed by atoms with Crippen LogP contribution in [0.4, 0.5) is 0 Å². The number of fused-ring (bicyclic) bond motifs is 1. The topological polar surface area (TPSA) is 96.1 Å². The highest BCUT2D eigenvalue weighted by molar-refractivity contribution is 7.94. The van der Waals surface area contributed by atoms with Crippen LogP contribution < -0.4 is 10.9 Å². The number of carbonyl (C=O) groups excluding carboxylic acids is 1. The Morgan fingerprint density at radius 1 is 1.27 bits per heavy atom. The van der Waals surface area contributed by atoms with E-state index in [9.17, 15) is 18.0 Å². The first kappa shape index (κ1) is 17.3. The van der Waals surface area contributed by atoms with Crippen LogP contribution in [0.2, 0.25) is 5.02 Å². The smallest absolute Gasteiger partial charge is 0.262 e. The van der Waals surface area contributed by atoms with Crippen LogP contribution in [-0.2, 0) is 9.84 Å². The van der Waals surface area contributed by atoms with E-state index in [1.165, 1.54) is 12.5 Å². The molecule has 4 rings (SSSR count). The summed E-state index contributed by atoms with van der Waals surface area (Å²) < 4.78 is 22.9. The molecule has 1 aliphatic heterocycles. The van der Waals surface area contributed by atoms with Gasteiger partial charge in [-0.1, -0.05) is 30.2 Å². The lowest BCUT2D eigenvalue weighted by Crippen LogP contribution is -2.38. The summed E-state index contributed by atoms with van der Waals surface area (Å²) in [6.07, 6.45) is 4.88. The first-order valence-corrected chi connectivity index (χ1v) is 10.5. The molecule has 1 saturated carbocycles. The number of aromatic amines is 1. The highest BCUT2D eigenvalue weighted by Crippen LogP contribution is 2.37. The van der Waals surface area contributed by atoms with Gasteiger partial charge in [0.15, 0.2) is 9.84 Å². The second kappa shape index (κ2) is 6.25. The van der Waals surface area contributed by atoms with Gasteiger partial charge in [0.1, 0.15) is 5.56 Å². The fraction of sp³-hybridized carbons (Fsp3) is 0.333. The molecule has 26 heavy (non-hydrogen) atoms. The van der Waals surface area contributed by atoms with E-state index in [-0.39, 0.29) is 16.3 Å². The molecule has 1 atom stereocenters. The van der Waals surface area contributed by atoms with Gasteiger partial charge in [-0.25, -0.2) is 8.42 Å². The van der Waals surface area contributed by atoms with Crippen LogP contribution in [0, 0.1) is 0 Å². The minimum atomic E-state index is -3.30. The second-order valence-electron chi connectivity index (χ2n) is 6.81.